The van der Waals surface area contributed by atoms with Crippen LogP contribution in [-0.2, 0) is 16.0 Å². The number of carbonyl (C=O) groups is 1. The summed E-state index contributed by atoms with van der Waals surface area (Å²) >= 11 is 1.66. The molecule has 0 bridgehead atoms. The highest BCUT2D eigenvalue weighted by molar-refractivity contribution is 7.13. The molecule has 2 aromatic carbocycles. The molecule has 0 saturated carbocycles. The van der Waals surface area contributed by atoms with E-state index in [1.807, 2.05) is 29.6 Å². The quantitative estimate of drug-likeness (QED) is 0.529. The van der Waals surface area contributed by atoms with Crippen LogP contribution in [-0.4, -0.2) is 32.2 Å². The molecule has 4 N–H and O–H groups in total. The molecule has 158 valence electrons. The van der Waals surface area contributed by atoms with Gasteiger partial charge in [-0.1, -0.05) is 42.0 Å². The number of rotatable bonds is 5. The number of benzene rings is 2. The molecule has 1 aromatic heterocycles. The topological polar surface area (TPSA) is 76.4 Å². The second kappa shape index (κ2) is 11.5. The highest BCUT2D eigenvalue weighted by atomic mass is 32.1. The Bertz CT molecular complexity index is 909. The first kappa shape index (κ1) is 22.0. The second-order valence-electron chi connectivity index (χ2n) is 7.18. The minimum absolute atomic E-state index is 0.0226. The summed E-state index contributed by atoms with van der Waals surface area (Å²) in [6.07, 6.45) is 1.16. The third kappa shape index (κ3) is 6.99. The van der Waals surface area contributed by atoms with Crippen LogP contribution >= 0.6 is 11.3 Å². The van der Waals surface area contributed by atoms with E-state index < -0.39 is 0 Å². The number of thiophene rings is 1. The molecule has 1 amide bonds. The van der Waals surface area contributed by atoms with Gasteiger partial charge >= 0.3 is 0 Å². The molecule has 2 heterocycles. The Balaban J connectivity index is 0.000000367. The SMILES string of the molecule is C1COCCN1.Cc1ccc(CCC(=O)Nc2cc(-c3cccs3)ccc2N)cc1. The molecular weight excluding hydrogens is 394 g/mol. The van der Waals surface area contributed by atoms with E-state index in [1.54, 1.807) is 11.3 Å². The number of carbonyl (C=O) groups excluding carboxylic acids is 1. The Hall–Kier alpha value is -2.67. The number of nitrogens with one attached hydrogen (secondary N) is 2. The largest absolute Gasteiger partial charge is 0.397 e. The van der Waals surface area contributed by atoms with E-state index in [0.717, 1.165) is 48.7 Å². The maximum absolute atomic E-state index is 12.2. The molecule has 0 aliphatic carbocycles. The van der Waals surface area contributed by atoms with Crippen LogP contribution < -0.4 is 16.4 Å². The van der Waals surface area contributed by atoms with Gasteiger partial charge in [-0.15, -0.1) is 11.3 Å². The minimum Gasteiger partial charge on any atom is -0.397 e. The van der Waals surface area contributed by atoms with Crippen molar-refractivity contribution in [2.45, 2.75) is 19.8 Å². The van der Waals surface area contributed by atoms with Crippen LogP contribution in [0.5, 0.6) is 0 Å². The molecule has 5 nitrogen and oxygen atoms in total. The summed E-state index contributed by atoms with van der Waals surface area (Å²) in [6.45, 7) is 5.89. The number of anilines is 2. The summed E-state index contributed by atoms with van der Waals surface area (Å²) in [5.74, 6) is -0.0226. The molecule has 6 heteroatoms. The molecule has 0 unspecified atom stereocenters. The van der Waals surface area contributed by atoms with Crippen LogP contribution in [0.3, 0.4) is 0 Å². The number of hydrogen-bond donors (Lipinski definition) is 3. The number of nitrogens with two attached hydrogens (primary N) is 1. The summed E-state index contributed by atoms with van der Waals surface area (Å²) in [7, 11) is 0. The normalized spacial score (nSPS) is 13.2. The highest BCUT2D eigenvalue weighted by Crippen LogP contribution is 2.30. The van der Waals surface area contributed by atoms with Crippen molar-refractivity contribution in [3.05, 3.63) is 71.1 Å². The lowest BCUT2D eigenvalue weighted by molar-refractivity contribution is -0.116. The van der Waals surface area contributed by atoms with E-state index in [9.17, 15) is 4.79 Å². The molecule has 1 fully saturated rings. The number of nitrogen functional groups attached to an aromatic ring is 1. The number of aryl methyl sites for hydroxylation is 2. The zero-order valence-electron chi connectivity index (χ0n) is 17.3. The monoisotopic (exact) mass is 423 g/mol. The molecule has 4 rings (SSSR count). The maximum Gasteiger partial charge on any atom is 0.224 e. The van der Waals surface area contributed by atoms with Crippen LogP contribution in [0.25, 0.3) is 10.4 Å². The predicted octanol–water partition coefficient (Wildman–Crippen LogP) is 4.48. The van der Waals surface area contributed by atoms with Crippen molar-refractivity contribution in [1.29, 1.82) is 0 Å². The van der Waals surface area contributed by atoms with Crippen LogP contribution in [0.2, 0.25) is 0 Å². The van der Waals surface area contributed by atoms with Gasteiger partial charge in [0.25, 0.3) is 0 Å². The van der Waals surface area contributed by atoms with Crippen LogP contribution in [0.15, 0.2) is 60.0 Å². The van der Waals surface area contributed by atoms with Gasteiger partial charge in [0.15, 0.2) is 0 Å². The van der Waals surface area contributed by atoms with E-state index in [0.29, 0.717) is 17.8 Å². The Labute approximate surface area is 182 Å². The van der Waals surface area contributed by atoms with Gasteiger partial charge in [0.05, 0.1) is 24.6 Å². The molecule has 0 spiro atoms. The zero-order chi connectivity index (χ0) is 21.2. The Morgan fingerprint density at radius 2 is 1.90 bits per heavy atom. The first-order valence-electron chi connectivity index (χ1n) is 10.2. The molecule has 0 atom stereocenters. The van der Waals surface area contributed by atoms with Crippen molar-refractivity contribution >= 4 is 28.6 Å². The molecule has 3 aromatic rings. The molecule has 1 aliphatic heterocycles. The number of ether oxygens (including phenoxy) is 1. The second-order valence-corrected chi connectivity index (χ2v) is 8.12. The number of hydrogen-bond acceptors (Lipinski definition) is 5. The van der Waals surface area contributed by atoms with Crippen LogP contribution in [0, 0.1) is 6.92 Å². The summed E-state index contributed by atoms with van der Waals surface area (Å²) < 4.78 is 5.01. The molecule has 1 aliphatic rings. The van der Waals surface area contributed by atoms with Crippen molar-refractivity contribution in [3.63, 3.8) is 0 Å². The first-order valence-corrected chi connectivity index (χ1v) is 11.1. The Morgan fingerprint density at radius 3 is 2.50 bits per heavy atom. The van der Waals surface area contributed by atoms with Gasteiger partial charge in [-0.25, -0.2) is 0 Å². The predicted molar refractivity (Wildman–Crippen MR) is 126 cm³/mol. The summed E-state index contributed by atoms with van der Waals surface area (Å²) in [5, 5.41) is 8.13. The lowest BCUT2D eigenvalue weighted by Gasteiger charge is -2.10. The minimum atomic E-state index is -0.0226. The van der Waals surface area contributed by atoms with Crippen molar-refractivity contribution in [2.75, 3.05) is 37.4 Å². The van der Waals surface area contributed by atoms with Gasteiger partial charge in [-0.3, -0.25) is 4.79 Å². The fourth-order valence-corrected chi connectivity index (χ4v) is 3.73. The Kier molecular flexibility index (Phi) is 8.44. The van der Waals surface area contributed by atoms with E-state index in [2.05, 4.69) is 47.9 Å². The zero-order valence-corrected chi connectivity index (χ0v) is 18.1. The van der Waals surface area contributed by atoms with Crippen molar-refractivity contribution < 1.29 is 9.53 Å². The Morgan fingerprint density at radius 1 is 1.13 bits per heavy atom. The third-order valence-corrected chi connectivity index (χ3v) is 5.66. The van der Waals surface area contributed by atoms with E-state index in [4.69, 9.17) is 10.5 Å². The standard InChI is InChI=1S/C20H20N2OS.C4H9NO/c1-14-4-6-15(7-5-14)8-11-20(23)22-18-13-16(9-10-17(18)21)19-3-2-12-24-19;1-3-6-4-2-5-1/h2-7,9-10,12-13H,8,11,21H2,1H3,(H,22,23);5H,1-4H2. The first-order chi connectivity index (χ1) is 14.6. The summed E-state index contributed by atoms with van der Waals surface area (Å²) in [4.78, 5) is 13.4. The smallest absolute Gasteiger partial charge is 0.224 e. The van der Waals surface area contributed by atoms with E-state index in [1.165, 1.54) is 5.56 Å². The van der Waals surface area contributed by atoms with E-state index >= 15 is 0 Å². The number of morpholine rings is 1. The van der Waals surface area contributed by atoms with Crippen molar-refractivity contribution in [1.82, 2.24) is 5.32 Å². The lowest BCUT2D eigenvalue weighted by atomic mass is 10.1. The van der Waals surface area contributed by atoms with Gasteiger partial charge in [-0.05, 0) is 48.1 Å². The molecule has 1 saturated heterocycles. The van der Waals surface area contributed by atoms with Crippen molar-refractivity contribution in [3.8, 4) is 10.4 Å². The fraction of sp³-hybridized carbons (Fsp3) is 0.292. The average molecular weight is 424 g/mol. The van der Waals surface area contributed by atoms with Crippen molar-refractivity contribution in [2.24, 2.45) is 0 Å². The number of amides is 1. The average Bonchev–Trinajstić information content (AvgIpc) is 3.32. The molecular formula is C24H29N3O2S. The maximum atomic E-state index is 12.2. The van der Waals surface area contributed by atoms with Crippen LogP contribution in [0.1, 0.15) is 17.5 Å². The molecule has 30 heavy (non-hydrogen) atoms. The lowest BCUT2D eigenvalue weighted by Crippen LogP contribution is -2.30. The summed E-state index contributed by atoms with van der Waals surface area (Å²) in [6, 6.07) is 18.1. The van der Waals surface area contributed by atoms with Gasteiger partial charge in [0, 0.05) is 24.4 Å². The van der Waals surface area contributed by atoms with Gasteiger partial charge in [0.2, 0.25) is 5.91 Å². The summed E-state index contributed by atoms with van der Waals surface area (Å²) in [5.41, 5.74) is 10.7. The van der Waals surface area contributed by atoms with Crippen LogP contribution in [0.4, 0.5) is 11.4 Å². The third-order valence-electron chi connectivity index (χ3n) is 4.74. The molecule has 0 radical (unpaired) electrons. The van der Waals surface area contributed by atoms with Gasteiger partial charge < -0.3 is 21.1 Å². The van der Waals surface area contributed by atoms with Gasteiger partial charge in [-0.2, -0.15) is 0 Å². The highest BCUT2D eigenvalue weighted by Gasteiger charge is 2.08. The van der Waals surface area contributed by atoms with Gasteiger partial charge in [0.1, 0.15) is 0 Å². The fourth-order valence-electron chi connectivity index (χ4n) is 3.00. The van der Waals surface area contributed by atoms with E-state index in [-0.39, 0.29) is 5.91 Å².